The molecule has 0 aliphatic heterocycles. The van der Waals surface area contributed by atoms with Gasteiger partial charge in [0, 0.05) is 17.7 Å². The van der Waals surface area contributed by atoms with Crippen molar-refractivity contribution in [2.75, 3.05) is 46.4 Å². The second kappa shape index (κ2) is 12.7. The average molecular weight is 560 g/mol. The number of benzene rings is 3. The molecule has 3 aromatic carbocycles. The van der Waals surface area contributed by atoms with Crippen molar-refractivity contribution in [2.24, 2.45) is 5.10 Å². The number of hydrogen-bond acceptors (Lipinski definition) is 10. The van der Waals surface area contributed by atoms with Gasteiger partial charge in [0.15, 0.2) is 23.0 Å². The molecule has 3 rings (SSSR count). The number of phenolic OH excluding ortho intramolecular Hbond substituents is 1. The molecule has 0 bridgehead atoms. The van der Waals surface area contributed by atoms with Crippen molar-refractivity contribution in [3.8, 4) is 34.5 Å². The highest BCUT2D eigenvalue weighted by atomic mass is 32.2. The van der Waals surface area contributed by atoms with Crippen LogP contribution in [0.2, 0.25) is 0 Å². The van der Waals surface area contributed by atoms with Crippen LogP contribution in [0.5, 0.6) is 34.5 Å². The number of methoxy groups -OCH3 is 5. The summed E-state index contributed by atoms with van der Waals surface area (Å²) in [6, 6.07) is 13.4. The standard InChI is InChI=1S/C26H29N3O9S/c1-34-18-9-11-21(35-2)20(13-18)29(39(32,33)19-10-12-22(36-3)24(14-19)38-5)16-25(30)28-27-15-17-7-6-8-23(37-4)26(17)31/h6-15,31H,16H2,1-5H3,(H,28,30)/b27-15-. The van der Waals surface area contributed by atoms with Crippen molar-refractivity contribution >= 4 is 27.8 Å². The van der Waals surface area contributed by atoms with Crippen molar-refractivity contribution in [1.29, 1.82) is 0 Å². The lowest BCUT2D eigenvalue weighted by Crippen LogP contribution is -2.39. The van der Waals surface area contributed by atoms with Gasteiger partial charge < -0.3 is 28.8 Å². The normalized spacial score (nSPS) is 11.1. The summed E-state index contributed by atoms with van der Waals surface area (Å²) in [6.07, 6.45) is 1.20. The van der Waals surface area contributed by atoms with Crippen LogP contribution in [0.4, 0.5) is 5.69 Å². The first-order valence-corrected chi connectivity index (χ1v) is 12.8. The molecule has 0 fully saturated rings. The quantitative estimate of drug-likeness (QED) is 0.253. The lowest BCUT2D eigenvalue weighted by atomic mass is 10.2. The number of sulfonamides is 1. The molecule has 2 N–H and O–H groups in total. The van der Waals surface area contributed by atoms with E-state index < -0.39 is 22.5 Å². The second-order valence-electron chi connectivity index (χ2n) is 7.76. The zero-order valence-corrected chi connectivity index (χ0v) is 22.8. The van der Waals surface area contributed by atoms with Crippen LogP contribution >= 0.6 is 0 Å². The minimum atomic E-state index is -4.36. The minimum absolute atomic E-state index is 0.0520. The number of rotatable bonds is 12. The molecule has 0 saturated carbocycles. The lowest BCUT2D eigenvalue weighted by Gasteiger charge is -2.26. The molecule has 39 heavy (non-hydrogen) atoms. The summed E-state index contributed by atoms with van der Waals surface area (Å²) in [4.78, 5) is 12.8. The number of nitrogens with one attached hydrogen (secondary N) is 1. The second-order valence-corrected chi connectivity index (χ2v) is 9.62. The molecule has 12 nitrogen and oxygen atoms in total. The van der Waals surface area contributed by atoms with Crippen molar-refractivity contribution in [3.05, 3.63) is 60.2 Å². The number of anilines is 1. The molecular weight excluding hydrogens is 530 g/mol. The first kappa shape index (κ1) is 28.9. The Balaban J connectivity index is 2.00. The van der Waals surface area contributed by atoms with E-state index in [1.54, 1.807) is 24.3 Å². The third kappa shape index (κ3) is 6.44. The topological polar surface area (TPSA) is 145 Å². The van der Waals surface area contributed by atoms with Gasteiger partial charge in [-0.3, -0.25) is 9.10 Å². The van der Waals surface area contributed by atoms with E-state index >= 15 is 0 Å². The monoisotopic (exact) mass is 559 g/mol. The van der Waals surface area contributed by atoms with E-state index in [4.69, 9.17) is 23.7 Å². The SMILES string of the molecule is COc1ccc(OC)c(N(CC(=O)N/N=C\c2cccc(OC)c2O)S(=O)(=O)c2ccc(OC)c(OC)c2)c1. The van der Waals surface area contributed by atoms with E-state index in [-0.39, 0.29) is 39.1 Å². The Kier molecular flexibility index (Phi) is 9.44. The molecule has 0 heterocycles. The fraction of sp³-hybridized carbons (Fsp3) is 0.231. The molecular formula is C26H29N3O9S. The first-order valence-electron chi connectivity index (χ1n) is 11.3. The zero-order valence-electron chi connectivity index (χ0n) is 22.0. The summed E-state index contributed by atoms with van der Waals surface area (Å²) < 4.78 is 54.8. The van der Waals surface area contributed by atoms with Gasteiger partial charge in [-0.05, 0) is 36.4 Å². The van der Waals surface area contributed by atoms with E-state index in [1.165, 1.54) is 72.1 Å². The van der Waals surface area contributed by atoms with Crippen LogP contribution in [-0.2, 0) is 14.8 Å². The molecule has 13 heteroatoms. The number of ether oxygens (including phenoxy) is 5. The maximum absolute atomic E-state index is 13.9. The molecule has 0 radical (unpaired) electrons. The summed E-state index contributed by atoms with van der Waals surface area (Å²) in [5.74, 6) is 0.308. The Morgan fingerprint density at radius 3 is 2.18 bits per heavy atom. The van der Waals surface area contributed by atoms with Gasteiger partial charge in [-0.1, -0.05) is 6.07 Å². The van der Waals surface area contributed by atoms with E-state index in [9.17, 15) is 18.3 Å². The van der Waals surface area contributed by atoms with Crippen LogP contribution in [0.1, 0.15) is 5.56 Å². The number of para-hydroxylation sites is 1. The number of carbonyl (C=O) groups excluding carboxylic acids is 1. The van der Waals surface area contributed by atoms with Crippen LogP contribution in [0, 0.1) is 0 Å². The molecule has 1 amide bonds. The van der Waals surface area contributed by atoms with Gasteiger partial charge in [0.1, 0.15) is 18.0 Å². The van der Waals surface area contributed by atoms with Gasteiger partial charge in [-0.2, -0.15) is 5.10 Å². The Labute approximate surface area is 226 Å². The fourth-order valence-corrected chi connectivity index (χ4v) is 4.98. The summed E-state index contributed by atoms with van der Waals surface area (Å²) in [6.45, 7) is -0.679. The molecule has 0 saturated heterocycles. The zero-order chi connectivity index (χ0) is 28.6. The highest BCUT2D eigenvalue weighted by molar-refractivity contribution is 7.92. The maximum atomic E-state index is 13.9. The Bertz CT molecular complexity index is 1460. The molecule has 0 aliphatic rings. The molecule has 0 spiro atoms. The van der Waals surface area contributed by atoms with Crippen LogP contribution < -0.4 is 33.4 Å². The van der Waals surface area contributed by atoms with E-state index in [2.05, 4.69) is 10.5 Å². The van der Waals surface area contributed by atoms with Crippen LogP contribution in [-0.4, -0.2) is 67.7 Å². The smallest absolute Gasteiger partial charge is 0.265 e. The van der Waals surface area contributed by atoms with Crippen LogP contribution in [0.15, 0.2) is 64.6 Å². The summed E-state index contributed by atoms with van der Waals surface area (Å²) in [7, 11) is 2.64. The largest absolute Gasteiger partial charge is 0.504 e. The number of hydrazone groups is 1. The maximum Gasteiger partial charge on any atom is 0.265 e. The Hall–Kier alpha value is -4.65. The average Bonchev–Trinajstić information content (AvgIpc) is 2.95. The van der Waals surface area contributed by atoms with Crippen molar-refractivity contribution < 1.29 is 42.0 Å². The molecule has 208 valence electrons. The molecule has 0 aromatic heterocycles. The van der Waals surface area contributed by atoms with Gasteiger partial charge in [-0.25, -0.2) is 13.8 Å². The molecule has 3 aromatic rings. The number of nitrogens with zero attached hydrogens (tertiary/aromatic N) is 2. The van der Waals surface area contributed by atoms with Gasteiger partial charge in [0.05, 0.1) is 52.3 Å². The molecule has 0 unspecified atom stereocenters. The van der Waals surface area contributed by atoms with Crippen LogP contribution in [0.3, 0.4) is 0 Å². The Morgan fingerprint density at radius 1 is 0.872 bits per heavy atom. The molecule has 0 atom stereocenters. The number of hydrogen-bond donors (Lipinski definition) is 2. The van der Waals surface area contributed by atoms with E-state index in [1.807, 2.05) is 0 Å². The highest BCUT2D eigenvalue weighted by Crippen LogP contribution is 2.37. The van der Waals surface area contributed by atoms with E-state index in [0.29, 0.717) is 11.5 Å². The number of phenols is 1. The summed E-state index contributed by atoms with van der Waals surface area (Å²) in [5.41, 5.74) is 2.61. The minimum Gasteiger partial charge on any atom is -0.504 e. The number of aromatic hydroxyl groups is 1. The van der Waals surface area contributed by atoms with Gasteiger partial charge in [-0.15, -0.1) is 0 Å². The first-order chi connectivity index (χ1) is 18.7. The van der Waals surface area contributed by atoms with Crippen molar-refractivity contribution in [2.45, 2.75) is 4.90 Å². The predicted molar refractivity (Wildman–Crippen MR) is 144 cm³/mol. The predicted octanol–water partition coefficient (Wildman–Crippen LogP) is 2.78. The van der Waals surface area contributed by atoms with Crippen molar-refractivity contribution in [3.63, 3.8) is 0 Å². The summed E-state index contributed by atoms with van der Waals surface area (Å²) in [5, 5.41) is 14.1. The Morgan fingerprint density at radius 2 is 1.54 bits per heavy atom. The van der Waals surface area contributed by atoms with E-state index in [0.717, 1.165) is 4.31 Å². The fourth-order valence-electron chi connectivity index (χ4n) is 3.54. The highest BCUT2D eigenvalue weighted by Gasteiger charge is 2.31. The van der Waals surface area contributed by atoms with Gasteiger partial charge in [0.2, 0.25) is 0 Å². The van der Waals surface area contributed by atoms with Gasteiger partial charge >= 0.3 is 0 Å². The number of carbonyl (C=O) groups is 1. The third-order valence-electron chi connectivity index (χ3n) is 5.53. The lowest BCUT2D eigenvalue weighted by molar-refractivity contribution is -0.119. The summed E-state index contributed by atoms with van der Waals surface area (Å²) >= 11 is 0. The van der Waals surface area contributed by atoms with Gasteiger partial charge in [0.25, 0.3) is 15.9 Å². The molecule has 0 aliphatic carbocycles. The third-order valence-corrected chi connectivity index (χ3v) is 7.28. The number of amides is 1. The van der Waals surface area contributed by atoms with Crippen LogP contribution in [0.25, 0.3) is 0 Å². The van der Waals surface area contributed by atoms with Crippen molar-refractivity contribution in [1.82, 2.24) is 5.43 Å².